The van der Waals surface area contributed by atoms with Crippen LogP contribution in [0.15, 0.2) is 36.4 Å². The van der Waals surface area contributed by atoms with Crippen LogP contribution < -0.4 is 10.1 Å². The summed E-state index contributed by atoms with van der Waals surface area (Å²) in [4.78, 5) is 0. The molecule has 2 nitrogen and oxygen atoms in total. The van der Waals surface area contributed by atoms with Gasteiger partial charge >= 0.3 is 0 Å². The Morgan fingerprint density at radius 2 is 1.85 bits per heavy atom. The van der Waals surface area contributed by atoms with Crippen LogP contribution >= 0.6 is 0 Å². The van der Waals surface area contributed by atoms with Gasteiger partial charge in [0.1, 0.15) is 5.75 Å². The molecule has 1 aliphatic carbocycles. The van der Waals surface area contributed by atoms with Crippen molar-refractivity contribution in [2.24, 2.45) is 0 Å². The van der Waals surface area contributed by atoms with Crippen molar-refractivity contribution in [1.82, 2.24) is 5.32 Å². The number of hydrogen-bond acceptors (Lipinski definition) is 2. The maximum Gasteiger partial charge on any atom is 0.126 e. The molecule has 0 spiro atoms. The number of fused-ring (bicyclic) bond motifs is 1. The first-order valence-electron chi connectivity index (χ1n) is 7.66. The molecular formula is C18H23NO. The van der Waals surface area contributed by atoms with Gasteiger partial charge in [0, 0.05) is 11.4 Å². The van der Waals surface area contributed by atoms with E-state index in [1.807, 2.05) is 0 Å². The molecule has 2 aromatic rings. The maximum absolute atomic E-state index is 5.45. The van der Waals surface area contributed by atoms with E-state index in [0.29, 0.717) is 0 Å². The smallest absolute Gasteiger partial charge is 0.126 e. The standard InChI is InChI=1S/C18H23NO/c1-20-18-12-9-14(16-7-2-3-8-17(16)18)6-4-5-13-19-15-10-11-15/h2-3,7-9,12,15,19H,4-6,10-11,13H2,1H3. The Balaban J connectivity index is 1.64. The molecule has 2 aromatic carbocycles. The number of nitrogens with one attached hydrogen (secondary N) is 1. The van der Waals surface area contributed by atoms with Crippen molar-refractivity contribution >= 4 is 10.8 Å². The van der Waals surface area contributed by atoms with E-state index in [-0.39, 0.29) is 0 Å². The lowest BCUT2D eigenvalue weighted by Gasteiger charge is -2.10. The van der Waals surface area contributed by atoms with Gasteiger partial charge in [0.25, 0.3) is 0 Å². The van der Waals surface area contributed by atoms with E-state index >= 15 is 0 Å². The number of methoxy groups -OCH3 is 1. The van der Waals surface area contributed by atoms with Gasteiger partial charge < -0.3 is 10.1 Å². The molecule has 2 heteroatoms. The Bertz CT molecular complexity index is 575. The summed E-state index contributed by atoms with van der Waals surface area (Å²) in [7, 11) is 1.74. The second-order valence-electron chi connectivity index (χ2n) is 5.66. The van der Waals surface area contributed by atoms with Crippen LogP contribution in [-0.2, 0) is 6.42 Å². The van der Waals surface area contributed by atoms with Crippen LogP contribution in [0.2, 0.25) is 0 Å². The summed E-state index contributed by atoms with van der Waals surface area (Å²) < 4.78 is 5.45. The molecule has 0 unspecified atom stereocenters. The summed E-state index contributed by atoms with van der Waals surface area (Å²) in [6, 6.07) is 13.7. The van der Waals surface area contributed by atoms with Crippen molar-refractivity contribution < 1.29 is 4.74 Å². The van der Waals surface area contributed by atoms with Gasteiger partial charge in [-0.05, 0) is 55.7 Å². The number of benzene rings is 2. The highest BCUT2D eigenvalue weighted by Gasteiger charge is 2.19. The summed E-state index contributed by atoms with van der Waals surface area (Å²) in [6.45, 7) is 1.17. The zero-order valence-corrected chi connectivity index (χ0v) is 12.2. The number of rotatable bonds is 7. The Morgan fingerprint density at radius 3 is 2.60 bits per heavy atom. The van der Waals surface area contributed by atoms with Crippen LogP contribution in [0.5, 0.6) is 5.75 Å². The fraction of sp³-hybridized carbons (Fsp3) is 0.444. The third-order valence-corrected chi connectivity index (χ3v) is 4.08. The van der Waals surface area contributed by atoms with E-state index in [9.17, 15) is 0 Å². The molecule has 0 aromatic heterocycles. The Morgan fingerprint density at radius 1 is 1.05 bits per heavy atom. The quantitative estimate of drug-likeness (QED) is 0.769. The molecule has 1 saturated carbocycles. The Kier molecular flexibility index (Phi) is 4.22. The number of hydrogen-bond donors (Lipinski definition) is 1. The normalized spacial score (nSPS) is 14.7. The van der Waals surface area contributed by atoms with Crippen molar-refractivity contribution in [2.75, 3.05) is 13.7 Å². The summed E-state index contributed by atoms with van der Waals surface area (Å²) >= 11 is 0. The molecule has 106 valence electrons. The first-order valence-corrected chi connectivity index (χ1v) is 7.66. The predicted molar refractivity (Wildman–Crippen MR) is 84.5 cm³/mol. The molecule has 3 rings (SSSR count). The molecule has 1 fully saturated rings. The van der Waals surface area contributed by atoms with Gasteiger partial charge in [-0.2, -0.15) is 0 Å². The van der Waals surface area contributed by atoms with E-state index in [1.165, 1.54) is 48.6 Å². The van der Waals surface area contributed by atoms with Crippen LogP contribution in [0.4, 0.5) is 0 Å². The highest BCUT2D eigenvalue weighted by molar-refractivity contribution is 5.91. The molecule has 0 saturated heterocycles. The first-order chi connectivity index (χ1) is 9.88. The molecule has 1 aliphatic rings. The lowest BCUT2D eigenvalue weighted by Crippen LogP contribution is -2.17. The number of unbranched alkanes of at least 4 members (excludes halogenated alkanes) is 1. The van der Waals surface area contributed by atoms with Gasteiger partial charge in [0.15, 0.2) is 0 Å². The van der Waals surface area contributed by atoms with Crippen molar-refractivity contribution in [1.29, 1.82) is 0 Å². The average molecular weight is 269 g/mol. The maximum atomic E-state index is 5.45. The summed E-state index contributed by atoms with van der Waals surface area (Å²) in [5, 5.41) is 6.14. The largest absolute Gasteiger partial charge is 0.496 e. The summed E-state index contributed by atoms with van der Waals surface area (Å²) in [5.41, 5.74) is 1.44. The van der Waals surface area contributed by atoms with Crippen LogP contribution in [0.1, 0.15) is 31.2 Å². The molecule has 0 bridgehead atoms. The van der Waals surface area contributed by atoms with Gasteiger partial charge in [-0.1, -0.05) is 30.3 Å². The van der Waals surface area contributed by atoms with Crippen molar-refractivity contribution in [3.8, 4) is 5.75 Å². The minimum atomic E-state index is 0.830. The summed E-state index contributed by atoms with van der Waals surface area (Å²) in [5.74, 6) is 0.972. The number of aryl methyl sites for hydroxylation is 1. The van der Waals surface area contributed by atoms with Gasteiger partial charge in [0.05, 0.1) is 7.11 Å². The molecule has 0 atom stereocenters. The molecule has 0 heterocycles. The zero-order chi connectivity index (χ0) is 13.8. The third kappa shape index (κ3) is 3.13. The second kappa shape index (κ2) is 6.27. The third-order valence-electron chi connectivity index (χ3n) is 4.08. The van der Waals surface area contributed by atoms with Crippen LogP contribution in [-0.4, -0.2) is 19.7 Å². The Labute approximate surface area is 121 Å². The van der Waals surface area contributed by atoms with E-state index in [0.717, 1.165) is 18.2 Å². The SMILES string of the molecule is COc1ccc(CCCCNC2CC2)c2ccccc12. The first kappa shape index (κ1) is 13.4. The highest BCUT2D eigenvalue weighted by atomic mass is 16.5. The number of ether oxygens (including phenoxy) is 1. The highest BCUT2D eigenvalue weighted by Crippen LogP contribution is 2.29. The van der Waals surface area contributed by atoms with E-state index in [2.05, 4.69) is 41.7 Å². The topological polar surface area (TPSA) is 21.3 Å². The van der Waals surface area contributed by atoms with Gasteiger partial charge in [-0.3, -0.25) is 0 Å². The van der Waals surface area contributed by atoms with Crippen LogP contribution in [0.3, 0.4) is 0 Å². The van der Waals surface area contributed by atoms with Gasteiger partial charge in [-0.15, -0.1) is 0 Å². The van der Waals surface area contributed by atoms with Gasteiger partial charge in [-0.25, -0.2) is 0 Å². The van der Waals surface area contributed by atoms with E-state index in [1.54, 1.807) is 7.11 Å². The summed E-state index contributed by atoms with van der Waals surface area (Å²) in [6.07, 6.45) is 6.41. The van der Waals surface area contributed by atoms with E-state index < -0.39 is 0 Å². The van der Waals surface area contributed by atoms with Crippen LogP contribution in [0.25, 0.3) is 10.8 Å². The van der Waals surface area contributed by atoms with Crippen LogP contribution in [0, 0.1) is 0 Å². The molecule has 1 N–H and O–H groups in total. The van der Waals surface area contributed by atoms with Crippen molar-refractivity contribution in [3.05, 3.63) is 42.0 Å². The molecule has 0 amide bonds. The molecule has 0 aliphatic heterocycles. The second-order valence-corrected chi connectivity index (χ2v) is 5.66. The monoisotopic (exact) mass is 269 g/mol. The van der Waals surface area contributed by atoms with Crippen molar-refractivity contribution in [2.45, 2.75) is 38.1 Å². The minimum Gasteiger partial charge on any atom is -0.496 e. The fourth-order valence-corrected chi connectivity index (χ4v) is 2.76. The lowest BCUT2D eigenvalue weighted by atomic mass is 9.99. The van der Waals surface area contributed by atoms with Gasteiger partial charge in [0.2, 0.25) is 0 Å². The Hall–Kier alpha value is -1.54. The lowest BCUT2D eigenvalue weighted by molar-refractivity contribution is 0.419. The zero-order valence-electron chi connectivity index (χ0n) is 12.2. The van der Waals surface area contributed by atoms with E-state index in [4.69, 9.17) is 4.74 Å². The fourth-order valence-electron chi connectivity index (χ4n) is 2.76. The minimum absolute atomic E-state index is 0.830. The predicted octanol–water partition coefficient (Wildman–Crippen LogP) is 3.92. The average Bonchev–Trinajstić information content (AvgIpc) is 3.31. The van der Waals surface area contributed by atoms with Crippen molar-refractivity contribution in [3.63, 3.8) is 0 Å². The molecule has 0 radical (unpaired) electrons. The molecular weight excluding hydrogens is 246 g/mol. The molecule has 20 heavy (non-hydrogen) atoms.